The lowest BCUT2D eigenvalue weighted by atomic mass is 9.96. The SMILES string of the molecule is CC[C@H](C)[C@H](NC(=O)CNC(=O)[C@H](C)NC(=O)[C@H](C)NC(=O)[C@H](Cc1cnc[nH]1)NC(=O)[C@H](CC(N)=O)NC(=O)CNC(=O)[C@H](C)N)C(=O)N[C@@H](CC(C)C)C(=O)N[C@H](C(=O)N[C@@H](CC(C)C)C(=O)O)[C@@H](C)O. The number of carboxylic acid groups (broad SMARTS) is 1. The van der Waals surface area contributed by atoms with Crippen LogP contribution in [0.25, 0.3) is 0 Å². The molecular formula is C45H76N14O14. The fourth-order valence-electron chi connectivity index (χ4n) is 6.69. The average Bonchev–Trinajstić information content (AvgIpc) is 3.81. The Morgan fingerprint density at radius 2 is 1.05 bits per heavy atom. The lowest BCUT2D eigenvalue weighted by Gasteiger charge is -2.29. The van der Waals surface area contributed by atoms with E-state index in [-0.39, 0.29) is 31.1 Å². The summed E-state index contributed by atoms with van der Waals surface area (Å²) in [6.07, 6.45) is 0.785. The Hall–Kier alpha value is -7.23. The highest BCUT2D eigenvalue weighted by Crippen LogP contribution is 2.12. The van der Waals surface area contributed by atoms with Crippen molar-refractivity contribution in [2.45, 2.75) is 162 Å². The average molecular weight is 1040 g/mol. The number of aromatic nitrogens is 2. The van der Waals surface area contributed by atoms with Crippen LogP contribution in [0.15, 0.2) is 12.5 Å². The number of amides is 11. The van der Waals surface area contributed by atoms with Crippen molar-refractivity contribution < 1.29 is 67.7 Å². The van der Waals surface area contributed by atoms with Gasteiger partial charge >= 0.3 is 5.97 Å². The first kappa shape index (κ1) is 63.8. The Bertz CT molecular complexity index is 2080. The standard InChI is InChI=1S/C45H76N14O14/c1-11-22(6)35(43(70)56-28(12-20(2)3)42(69)59-36(26(10)60)44(71)57-31(45(72)73)13-21(4)5)58-34(63)18-50-38(65)24(8)52-39(66)25(9)53-40(67)29(14-27-16-48-19-51-27)55-41(68)30(15-32(47)61)54-33(62)17-49-37(64)23(7)46/h16,19-26,28-31,35-36,60H,11-15,17-18,46H2,1-10H3,(H2,47,61)(H,48,51)(H,49,64)(H,50,65)(H,52,66)(H,53,67)(H,54,62)(H,55,68)(H,56,70)(H,57,71)(H,58,63)(H,59,69)(H,72,73)/t22-,23-,24-,25-,26+,28-,29-,30-,31-,35-,36-/m0/s1. The van der Waals surface area contributed by atoms with Gasteiger partial charge in [0.1, 0.15) is 48.3 Å². The number of carboxylic acids is 1. The number of H-pyrrole nitrogens is 1. The Morgan fingerprint density at radius 3 is 1.56 bits per heavy atom. The van der Waals surface area contributed by atoms with E-state index >= 15 is 0 Å². The summed E-state index contributed by atoms with van der Waals surface area (Å²) in [4.78, 5) is 161. The maximum absolute atomic E-state index is 13.8. The molecule has 17 N–H and O–H groups in total. The minimum absolute atomic E-state index is 0.0574. The monoisotopic (exact) mass is 1040 g/mol. The summed E-state index contributed by atoms with van der Waals surface area (Å²) in [6.45, 7) is 14.3. The van der Waals surface area contributed by atoms with Crippen LogP contribution in [0.5, 0.6) is 0 Å². The zero-order valence-corrected chi connectivity index (χ0v) is 43.0. The van der Waals surface area contributed by atoms with Gasteiger partial charge in [0.15, 0.2) is 0 Å². The van der Waals surface area contributed by atoms with Crippen molar-refractivity contribution in [2.75, 3.05) is 13.1 Å². The van der Waals surface area contributed by atoms with Gasteiger partial charge in [0.25, 0.3) is 0 Å². The topological polar surface area (TPSA) is 446 Å². The van der Waals surface area contributed by atoms with Crippen LogP contribution in [0.3, 0.4) is 0 Å². The third kappa shape index (κ3) is 23.7. The van der Waals surface area contributed by atoms with Crippen LogP contribution < -0.4 is 64.6 Å². The zero-order valence-electron chi connectivity index (χ0n) is 43.0. The Labute approximate surface area is 423 Å². The number of nitrogens with zero attached hydrogens (tertiary/aromatic N) is 1. The summed E-state index contributed by atoms with van der Waals surface area (Å²) in [7, 11) is 0. The molecule has 1 rings (SSSR count). The van der Waals surface area contributed by atoms with E-state index in [0.717, 1.165) is 0 Å². The Kier molecular flexibility index (Phi) is 27.3. The van der Waals surface area contributed by atoms with Gasteiger partial charge in [0.2, 0.25) is 65.0 Å². The van der Waals surface area contributed by atoms with Gasteiger partial charge in [-0.1, -0.05) is 48.0 Å². The predicted octanol–water partition coefficient (Wildman–Crippen LogP) is -5.07. The molecule has 0 aliphatic carbocycles. The number of imidazole rings is 1. The predicted molar refractivity (Wildman–Crippen MR) is 260 cm³/mol. The van der Waals surface area contributed by atoms with Crippen LogP contribution >= 0.6 is 0 Å². The molecule has 0 radical (unpaired) electrons. The van der Waals surface area contributed by atoms with Crippen molar-refractivity contribution in [3.8, 4) is 0 Å². The van der Waals surface area contributed by atoms with Crippen molar-refractivity contribution in [2.24, 2.45) is 29.2 Å². The van der Waals surface area contributed by atoms with Crippen molar-refractivity contribution in [3.05, 3.63) is 18.2 Å². The van der Waals surface area contributed by atoms with E-state index in [2.05, 4.69) is 63.1 Å². The van der Waals surface area contributed by atoms with Crippen LogP contribution in [0.4, 0.5) is 0 Å². The molecule has 0 aliphatic rings. The number of aromatic amines is 1. The quantitative estimate of drug-likeness (QED) is 0.0321. The summed E-state index contributed by atoms with van der Waals surface area (Å²) >= 11 is 0. The number of aliphatic hydroxyl groups excluding tert-OH is 1. The molecule has 28 heteroatoms. The molecule has 0 unspecified atom stereocenters. The van der Waals surface area contributed by atoms with Crippen LogP contribution in [-0.2, 0) is 64.0 Å². The molecule has 1 aromatic heterocycles. The molecule has 0 saturated heterocycles. The van der Waals surface area contributed by atoms with E-state index in [0.29, 0.717) is 12.1 Å². The lowest BCUT2D eigenvalue weighted by molar-refractivity contribution is -0.143. The van der Waals surface area contributed by atoms with Gasteiger partial charge in [-0.05, 0) is 58.3 Å². The maximum atomic E-state index is 13.8. The highest BCUT2D eigenvalue weighted by atomic mass is 16.4. The summed E-state index contributed by atoms with van der Waals surface area (Å²) in [5.41, 5.74) is 11.1. The van der Waals surface area contributed by atoms with Crippen LogP contribution in [-0.4, -0.2) is 165 Å². The van der Waals surface area contributed by atoms with Gasteiger partial charge in [-0.15, -0.1) is 0 Å². The number of aliphatic hydroxyl groups is 1. The molecule has 11 atom stereocenters. The molecular weight excluding hydrogens is 961 g/mol. The molecule has 0 saturated carbocycles. The van der Waals surface area contributed by atoms with Crippen LogP contribution in [0.1, 0.15) is 101 Å². The molecule has 0 aromatic carbocycles. The number of hydrogen-bond acceptors (Lipinski definition) is 15. The van der Waals surface area contributed by atoms with E-state index in [9.17, 15) is 67.7 Å². The molecule has 0 bridgehead atoms. The van der Waals surface area contributed by atoms with E-state index in [4.69, 9.17) is 11.5 Å². The molecule has 28 nitrogen and oxygen atoms in total. The van der Waals surface area contributed by atoms with E-state index in [1.54, 1.807) is 41.5 Å². The number of hydrogen-bond donors (Lipinski definition) is 15. The fraction of sp³-hybridized carbons (Fsp3) is 0.667. The first-order valence-electron chi connectivity index (χ1n) is 23.9. The molecule has 1 aromatic rings. The van der Waals surface area contributed by atoms with Crippen molar-refractivity contribution >= 4 is 70.9 Å². The van der Waals surface area contributed by atoms with Gasteiger partial charge in [-0.2, -0.15) is 0 Å². The molecule has 0 fully saturated rings. The van der Waals surface area contributed by atoms with Gasteiger partial charge < -0.3 is 79.8 Å². The molecule has 1 heterocycles. The van der Waals surface area contributed by atoms with Crippen LogP contribution in [0, 0.1) is 17.8 Å². The number of carbonyl (C=O) groups excluding carboxylic acids is 11. The normalized spacial score (nSPS) is 15.6. The number of carbonyl (C=O) groups is 12. The molecule has 0 spiro atoms. The number of nitrogens with one attached hydrogen (secondary N) is 11. The van der Waals surface area contributed by atoms with Gasteiger partial charge in [-0.25, -0.2) is 9.78 Å². The number of rotatable bonds is 32. The van der Waals surface area contributed by atoms with E-state index in [1.165, 1.54) is 40.2 Å². The van der Waals surface area contributed by atoms with Gasteiger partial charge in [0.05, 0.1) is 38.0 Å². The molecule has 73 heavy (non-hydrogen) atoms. The summed E-state index contributed by atoms with van der Waals surface area (Å²) in [6, 6.07) is -12.0. The smallest absolute Gasteiger partial charge is 0.326 e. The minimum atomic E-state index is -1.59. The molecule has 0 aliphatic heterocycles. The van der Waals surface area contributed by atoms with E-state index < -0.39 is 157 Å². The number of nitrogens with two attached hydrogens (primary N) is 2. The highest BCUT2D eigenvalue weighted by molar-refractivity contribution is 5.99. The van der Waals surface area contributed by atoms with Gasteiger partial charge in [0, 0.05) is 18.3 Å². The molecule has 11 amide bonds. The summed E-state index contributed by atoms with van der Waals surface area (Å²) < 4.78 is 0. The first-order valence-corrected chi connectivity index (χ1v) is 23.9. The van der Waals surface area contributed by atoms with Crippen molar-refractivity contribution in [1.82, 2.24) is 63.1 Å². The van der Waals surface area contributed by atoms with E-state index in [1.807, 2.05) is 0 Å². The van der Waals surface area contributed by atoms with Crippen LogP contribution in [0.2, 0.25) is 0 Å². The largest absolute Gasteiger partial charge is 0.480 e. The Balaban J connectivity index is 3.03. The second-order valence-electron chi connectivity index (χ2n) is 18.7. The van der Waals surface area contributed by atoms with Gasteiger partial charge in [-0.3, -0.25) is 52.7 Å². The third-order valence-electron chi connectivity index (χ3n) is 11.0. The Morgan fingerprint density at radius 1 is 0.575 bits per heavy atom. The fourth-order valence-corrected chi connectivity index (χ4v) is 6.69. The minimum Gasteiger partial charge on any atom is -0.480 e. The second kappa shape index (κ2) is 31.3. The first-order chi connectivity index (χ1) is 34.0. The van der Waals surface area contributed by atoms with Crippen molar-refractivity contribution in [3.63, 3.8) is 0 Å². The summed E-state index contributed by atoms with van der Waals surface area (Å²) in [5.74, 6) is -11.7. The van der Waals surface area contributed by atoms with Crippen molar-refractivity contribution in [1.29, 1.82) is 0 Å². The third-order valence-corrected chi connectivity index (χ3v) is 11.0. The zero-order chi connectivity index (χ0) is 55.9. The summed E-state index contributed by atoms with van der Waals surface area (Å²) in [5, 5.41) is 44.0. The highest BCUT2D eigenvalue weighted by Gasteiger charge is 2.36. The molecule has 410 valence electrons. The lowest BCUT2D eigenvalue weighted by Crippen LogP contribution is -2.61. The maximum Gasteiger partial charge on any atom is 0.326 e. The number of aliphatic carboxylic acids is 1. The second-order valence-corrected chi connectivity index (χ2v) is 18.7. The number of primary amides is 1.